The molecule has 0 saturated carbocycles. The van der Waals surface area contributed by atoms with Crippen molar-refractivity contribution in [3.8, 4) is 0 Å². The second-order valence-electron chi connectivity index (χ2n) is 7.87. The number of hydrogen-bond acceptors (Lipinski definition) is 5. The Balaban J connectivity index is 1.42. The van der Waals surface area contributed by atoms with Crippen molar-refractivity contribution in [2.24, 2.45) is 5.92 Å². The van der Waals surface area contributed by atoms with Crippen molar-refractivity contribution in [2.75, 3.05) is 33.4 Å². The summed E-state index contributed by atoms with van der Waals surface area (Å²) in [5, 5.41) is 3.94. The lowest BCUT2D eigenvalue weighted by Gasteiger charge is -2.32. The van der Waals surface area contributed by atoms with Crippen LogP contribution in [0.15, 0.2) is 28.8 Å². The van der Waals surface area contributed by atoms with E-state index in [0.29, 0.717) is 32.2 Å². The summed E-state index contributed by atoms with van der Waals surface area (Å²) in [6, 6.07) is 8.68. The molecule has 2 heterocycles. The lowest BCUT2D eigenvalue weighted by molar-refractivity contribution is -0.131. The third kappa shape index (κ3) is 6.15. The van der Waals surface area contributed by atoms with Gasteiger partial charge in [-0.25, -0.2) is 0 Å². The molecule has 0 N–H and O–H groups in total. The number of amides is 1. The van der Waals surface area contributed by atoms with Crippen LogP contribution < -0.4 is 0 Å². The maximum atomic E-state index is 12.6. The maximum absolute atomic E-state index is 12.6. The standard InChI is InChI=1S/C23H32N2O4/c1-17-22(18(2)29-24-17)15-23(26)25-10-8-20(9-11-25)14-19-4-6-21(7-5-19)16-28-13-12-27-3/h4-7,20H,8-16H2,1-3H3. The van der Waals surface area contributed by atoms with Crippen molar-refractivity contribution in [3.63, 3.8) is 0 Å². The summed E-state index contributed by atoms with van der Waals surface area (Å²) in [4.78, 5) is 14.6. The van der Waals surface area contributed by atoms with E-state index in [1.165, 1.54) is 11.1 Å². The third-order valence-corrected chi connectivity index (χ3v) is 5.72. The van der Waals surface area contributed by atoms with Gasteiger partial charge in [-0.05, 0) is 50.2 Å². The molecule has 0 spiro atoms. The van der Waals surface area contributed by atoms with E-state index in [9.17, 15) is 4.79 Å². The van der Waals surface area contributed by atoms with Gasteiger partial charge in [-0.3, -0.25) is 4.79 Å². The molecule has 0 unspecified atom stereocenters. The Hall–Kier alpha value is -2.18. The molecule has 0 aliphatic carbocycles. The van der Waals surface area contributed by atoms with Crippen LogP contribution in [0.4, 0.5) is 0 Å². The van der Waals surface area contributed by atoms with Crippen molar-refractivity contribution >= 4 is 5.91 Å². The number of carbonyl (C=O) groups is 1. The summed E-state index contributed by atoms with van der Waals surface area (Å²) < 4.78 is 15.7. The monoisotopic (exact) mass is 400 g/mol. The van der Waals surface area contributed by atoms with Crippen LogP contribution in [0.25, 0.3) is 0 Å². The van der Waals surface area contributed by atoms with Crippen molar-refractivity contribution in [2.45, 2.75) is 46.1 Å². The van der Waals surface area contributed by atoms with E-state index in [0.717, 1.165) is 49.4 Å². The first kappa shape index (κ1) is 21.5. The van der Waals surface area contributed by atoms with E-state index in [1.807, 2.05) is 18.7 Å². The average molecular weight is 401 g/mol. The van der Waals surface area contributed by atoms with Crippen LogP contribution in [-0.2, 0) is 33.7 Å². The molecule has 1 amide bonds. The average Bonchev–Trinajstić information content (AvgIpc) is 3.05. The van der Waals surface area contributed by atoms with Crippen LogP contribution in [-0.4, -0.2) is 49.4 Å². The second kappa shape index (κ2) is 10.6. The van der Waals surface area contributed by atoms with E-state index in [4.69, 9.17) is 14.0 Å². The molecule has 1 fully saturated rings. The smallest absolute Gasteiger partial charge is 0.227 e. The number of aryl methyl sites for hydroxylation is 2. The fourth-order valence-electron chi connectivity index (χ4n) is 3.84. The van der Waals surface area contributed by atoms with Gasteiger partial charge < -0.3 is 18.9 Å². The lowest BCUT2D eigenvalue weighted by atomic mass is 9.89. The highest BCUT2D eigenvalue weighted by atomic mass is 16.5. The van der Waals surface area contributed by atoms with E-state index in [2.05, 4.69) is 29.4 Å². The zero-order valence-electron chi connectivity index (χ0n) is 17.8. The Morgan fingerprint density at radius 3 is 2.45 bits per heavy atom. The molecule has 6 nitrogen and oxygen atoms in total. The molecule has 29 heavy (non-hydrogen) atoms. The summed E-state index contributed by atoms with van der Waals surface area (Å²) in [7, 11) is 1.68. The van der Waals surface area contributed by atoms with Gasteiger partial charge >= 0.3 is 0 Å². The summed E-state index contributed by atoms with van der Waals surface area (Å²) in [5.74, 6) is 1.55. The van der Waals surface area contributed by atoms with Gasteiger partial charge in [-0.1, -0.05) is 29.4 Å². The van der Waals surface area contributed by atoms with Crippen molar-refractivity contribution in [3.05, 3.63) is 52.4 Å². The van der Waals surface area contributed by atoms with Gasteiger partial charge in [0.15, 0.2) is 0 Å². The first-order chi connectivity index (χ1) is 14.1. The lowest BCUT2D eigenvalue weighted by Crippen LogP contribution is -2.39. The van der Waals surface area contributed by atoms with E-state index in [1.54, 1.807) is 7.11 Å². The molecule has 1 aliphatic rings. The van der Waals surface area contributed by atoms with Gasteiger partial charge in [0.05, 0.1) is 31.9 Å². The highest BCUT2D eigenvalue weighted by Gasteiger charge is 2.24. The SMILES string of the molecule is COCCOCc1ccc(CC2CCN(C(=O)Cc3c(C)noc3C)CC2)cc1. The zero-order chi connectivity index (χ0) is 20.6. The van der Waals surface area contributed by atoms with Gasteiger partial charge in [0.2, 0.25) is 5.91 Å². The topological polar surface area (TPSA) is 64.8 Å². The molecular formula is C23H32N2O4. The fraction of sp³-hybridized carbons (Fsp3) is 0.565. The molecule has 1 aromatic heterocycles. The summed E-state index contributed by atoms with van der Waals surface area (Å²) in [5.41, 5.74) is 4.29. The van der Waals surface area contributed by atoms with Crippen LogP contribution in [0, 0.1) is 19.8 Å². The number of rotatable bonds is 9. The van der Waals surface area contributed by atoms with Crippen molar-refractivity contribution in [1.29, 1.82) is 0 Å². The fourth-order valence-corrected chi connectivity index (χ4v) is 3.84. The molecule has 158 valence electrons. The number of methoxy groups -OCH3 is 1. The minimum absolute atomic E-state index is 0.177. The molecule has 1 aromatic carbocycles. The molecule has 3 rings (SSSR count). The number of aromatic nitrogens is 1. The van der Waals surface area contributed by atoms with Crippen LogP contribution in [0.5, 0.6) is 0 Å². The number of piperidine rings is 1. The number of likely N-dealkylation sites (tertiary alicyclic amines) is 1. The number of ether oxygens (including phenoxy) is 2. The highest BCUT2D eigenvalue weighted by Crippen LogP contribution is 2.23. The van der Waals surface area contributed by atoms with Gasteiger partial charge in [0.25, 0.3) is 0 Å². The Morgan fingerprint density at radius 2 is 1.83 bits per heavy atom. The quantitative estimate of drug-likeness (QED) is 0.603. The van der Waals surface area contributed by atoms with Crippen LogP contribution >= 0.6 is 0 Å². The number of carbonyl (C=O) groups excluding carboxylic acids is 1. The minimum Gasteiger partial charge on any atom is -0.382 e. The Morgan fingerprint density at radius 1 is 1.14 bits per heavy atom. The summed E-state index contributed by atoms with van der Waals surface area (Å²) in [6.07, 6.45) is 3.56. The zero-order valence-corrected chi connectivity index (χ0v) is 17.8. The van der Waals surface area contributed by atoms with Crippen LogP contribution in [0.1, 0.15) is 41.0 Å². The minimum atomic E-state index is 0.177. The molecule has 0 radical (unpaired) electrons. The van der Waals surface area contributed by atoms with Gasteiger partial charge in [-0.2, -0.15) is 0 Å². The molecule has 1 aliphatic heterocycles. The van der Waals surface area contributed by atoms with Crippen molar-refractivity contribution < 1.29 is 18.8 Å². The Kier molecular flexibility index (Phi) is 7.83. The van der Waals surface area contributed by atoms with Crippen LogP contribution in [0.3, 0.4) is 0 Å². The predicted molar refractivity (Wildman–Crippen MR) is 111 cm³/mol. The van der Waals surface area contributed by atoms with Crippen LogP contribution in [0.2, 0.25) is 0 Å². The molecular weight excluding hydrogens is 368 g/mol. The van der Waals surface area contributed by atoms with Gasteiger partial charge in [-0.15, -0.1) is 0 Å². The molecule has 1 saturated heterocycles. The summed E-state index contributed by atoms with van der Waals surface area (Å²) >= 11 is 0. The largest absolute Gasteiger partial charge is 0.382 e. The predicted octanol–water partition coefficient (Wildman–Crippen LogP) is 3.48. The number of benzene rings is 1. The Bertz CT molecular complexity index is 757. The normalized spacial score (nSPS) is 15.1. The van der Waals surface area contributed by atoms with E-state index < -0.39 is 0 Å². The molecule has 0 bridgehead atoms. The van der Waals surface area contributed by atoms with Gasteiger partial charge in [0, 0.05) is 25.8 Å². The number of hydrogen-bond donors (Lipinski definition) is 0. The molecule has 6 heteroatoms. The second-order valence-corrected chi connectivity index (χ2v) is 7.87. The molecule has 2 aromatic rings. The van der Waals surface area contributed by atoms with Crippen molar-refractivity contribution in [1.82, 2.24) is 10.1 Å². The number of nitrogens with zero attached hydrogens (tertiary/aromatic N) is 2. The molecule has 0 atom stereocenters. The third-order valence-electron chi connectivity index (χ3n) is 5.72. The van der Waals surface area contributed by atoms with E-state index in [-0.39, 0.29) is 5.91 Å². The highest BCUT2D eigenvalue weighted by molar-refractivity contribution is 5.79. The maximum Gasteiger partial charge on any atom is 0.227 e. The first-order valence-electron chi connectivity index (χ1n) is 10.4. The summed E-state index contributed by atoms with van der Waals surface area (Å²) in [6.45, 7) is 7.28. The first-order valence-corrected chi connectivity index (χ1v) is 10.4. The van der Waals surface area contributed by atoms with Gasteiger partial charge in [0.1, 0.15) is 5.76 Å². The van der Waals surface area contributed by atoms with E-state index >= 15 is 0 Å². The Labute approximate surface area is 173 Å².